The van der Waals surface area contributed by atoms with E-state index in [1.54, 1.807) is 6.92 Å². The van der Waals surface area contributed by atoms with E-state index < -0.39 is 29.6 Å². The molecule has 108 valence electrons. The lowest BCUT2D eigenvalue weighted by Gasteiger charge is -2.14. The average molecular weight is 282 g/mol. The first kappa shape index (κ1) is 15.6. The van der Waals surface area contributed by atoms with Gasteiger partial charge < -0.3 is 16.2 Å². The topological polar surface area (TPSA) is 109 Å². The Morgan fingerprint density at radius 2 is 2.05 bits per heavy atom. The molecule has 0 aliphatic rings. The van der Waals surface area contributed by atoms with Crippen LogP contribution in [0.4, 0.5) is 4.39 Å². The first-order valence-electron chi connectivity index (χ1n) is 5.89. The molecule has 0 bridgehead atoms. The van der Waals surface area contributed by atoms with Crippen LogP contribution in [0.1, 0.15) is 28.8 Å². The fourth-order valence-corrected chi connectivity index (χ4v) is 1.58. The molecule has 0 heterocycles. The number of aliphatic carboxylic acids is 1. The molecule has 0 spiro atoms. The number of hydrogen-bond donors (Lipinski definition) is 3. The number of carbonyl (C=O) groups excluding carboxylic acids is 2. The Bertz CT molecular complexity index is 545. The quantitative estimate of drug-likeness (QED) is 0.709. The van der Waals surface area contributed by atoms with E-state index in [0.29, 0.717) is 5.56 Å². The minimum atomic E-state index is -1.31. The Morgan fingerprint density at radius 1 is 1.40 bits per heavy atom. The summed E-state index contributed by atoms with van der Waals surface area (Å²) < 4.78 is 13.6. The maximum atomic E-state index is 13.6. The highest BCUT2D eigenvalue weighted by molar-refractivity contribution is 5.97. The van der Waals surface area contributed by atoms with E-state index in [1.807, 2.05) is 0 Å². The van der Waals surface area contributed by atoms with Gasteiger partial charge in [0.25, 0.3) is 5.91 Å². The molecule has 0 saturated carbocycles. The predicted molar refractivity (Wildman–Crippen MR) is 68.5 cm³/mol. The molecule has 0 fully saturated rings. The first-order valence-corrected chi connectivity index (χ1v) is 5.89. The number of carboxylic acids is 1. The number of carboxylic acid groups (broad SMARTS) is 1. The van der Waals surface area contributed by atoms with Crippen molar-refractivity contribution < 1.29 is 23.9 Å². The molecule has 1 atom stereocenters. The minimum Gasteiger partial charge on any atom is -0.480 e. The third-order valence-corrected chi connectivity index (χ3v) is 2.65. The number of halogens is 1. The monoisotopic (exact) mass is 282 g/mol. The van der Waals surface area contributed by atoms with Gasteiger partial charge in [0, 0.05) is 6.42 Å². The third-order valence-electron chi connectivity index (χ3n) is 2.65. The number of carbonyl (C=O) groups is 3. The van der Waals surface area contributed by atoms with Gasteiger partial charge in [0.2, 0.25) is 5.91 Å². The van der Waals surface area contributed by atoms with Gasteiger partial charge in [0.05, 0.1) is 5.56 Å². The molecule has 6 nitrogen and oxygen atoms in total. The summed E-state index contributed by atoms with van der Waals surface area (Å²) in [6.45, 7) is 1.66. The molecule has 0 aliphatic heterocycles. The van der Waals surface area contributed by atoms with Crippen LogP contribution in [0.5, 0.6) is 0 Å². The molecular formula is C13H15FN2O4. The van der Waals surface area contributed by atoms with Gasteiger partial charge in [-0.15, -0.1) is 0 Å². The summed E-state index contributed by atoms with van der Waals surface area (Å²) in [4.78, 5) is 33.4. The van der Waals surface area contributed by atoms with Crippen LogP contribution in [0.2, 0.25) is 0 Å². The van der Waals surface area contributed by atoms with Gasteiger partial charge >= 0.3 is 5.97 Å². The molecule has 7 heteroatoms. The highest BCUT2D eigenvalue weighted by Crippen LogP contribution is 2.10. The second kappa shape index (κ2) is 6.65. The Balaban J connectivity index is 2.80. The molecule has 0 saturated heterocycles. The molecule has 0 aromatic heterocycles. The molecule has 1 aromatic carbocycles. The van der Waals surface area contributed by atoms with Crippen molar-refractivity contribution in [3.8, 4) is 0 Å². The zero-order chi connectivity index (χ0) is 15.3. The first-order chi connectivity index (χ1) is 9.31. The van der Waals surface area contributed by atoms with Crippen molar-refractivity contribution in [1.29, 1.82) is 0 Å². The van der Waals surface area contributed by atoms with Crippen LogP contribution in [0.15, 0.2) is 18.2 Å². The van der Waals surface area contributed by atoms with Crippen LogP contribution in [-0.2, 0) is 9.59 Å². The lowest BCUT2D eigenvalue weighted by Crippen LogP contribution is -2.41. The maximum absolute atomic E-state index is 13.6. The molecule has 0 aliphatic carbocycles. The summed E-state index contributed by atoms with van der Waals surface area (Å²) in [5.41, 5.74) is 5.31. The van der Waals surface area contributed by atoms with Crippen LogP contribution < -0.4 is 11.1 Å². The van der Waals surface area contributed by atoms with Gasteiger partial charge in [-0.25, -0.2) is 9.18 Å². The summed E-state index contributed by atoms with van der Waals surface area (Å²) in [6.07, 6.45) is -0.336. The second-order valence-corrected chi connectivity index (χ2v) is 4.35. The number of rotatable bonds is 6. The lowest BCUT2D eigenvalue weighted by atomic mass is 10.1. The van der Waals surface area contributed by atoms with Crippen molar-refractivity contribution in [3.05, 3.63) is 35.1 Å². The van der Waals surface area contributed by atoms with Crippen molar-refractivity contribution in [2.24, 2.45) is 5.73 Å². The van der Waals surface area contributed by atoms with Gasteiger partial charge in [0.15, 0.2) is 0 Å². The second-order valence-electron chi connectivity index (χ2n) is 4.35. The predicted octanol–water partition coefficient (Wildman–Crippen LogP) is 0.583. The van der Waals surface area contributed by atoms with Crippen LogP contribution in [0, 0.1) is 12.7 Å². The summed E-state index contributed by atoms with van der Waals surface area (Å²) in [5, 5.41) is 11.1. The fraction of sp³-hybridized carbons (Fsp3) is 0.308. The molecule has 1 rings (SSSR count). The van der Waals surface area contributed by atoms with Crippen molar-refractivity contribution >= 4 is 17.8 Å². The van der Waals surface area contributed by atoms with Gasteiger partial charge in [-0.05, 0) is 31.0 Å². The zero-order valence-corrected chi connectivity index (χ0v) is 10.9. The SMILES string of the molecule is Cc1ccc(C(=O)NC(CCC(N)=O)C(=O)O)c(F)c1. The van der Waals surface area contributed by atoms with Crippen molar-refractivity contribution in [1.82, 2.24) is 5.32 Å². The lowest BCUT2D eigenvalue weighted by molar-refractivity contribution is -0.139. The zero-order valence-electron chi connectivity index (χ0n) is 10.9. The van der Waals surface area contributed by atoms with E-state index in [-0.39, 0.29) is 18.4 Å². The summed E-state index contributed by atoms with van der Waals surface area (Å²) in [5.74, 6) is -3.57. The van der Waals surface area contributed by atoms with E-state index in [9.17, 15) is 18.8 Å². The van der Waals surface area contributed by atoms with Gasteiger partial charge in [-0.1, -0.05) is 6.07 Å². The molecule has 20 heavy (non-hydrogen) atoms. The average Bonchev–Trinajstić information content (AvgIpc) is 2.33. The summed E-state index contributed by atoms with van der Waals surface area (Å²) in [7, 11) is 0. The number of aryl methyl sites for hydroxylation is 1. The van der Waals surface area contributed by atoms with E-state index in [2.05, 4.69) is 5.32 Å². The van der Waals surface area contributed by atoms with Crippen molar-refractivity contribution in [3.63, 3.8) is 0 Å². The molecule has 4 N–H and O–H groups in total. The Morgan fingerprint density at radius 3 is 2.55 bits per heavy atom. The van der Waals surface area contributed by atoms with Crippen LogP contribution >= 0.6 is 0 Å². The Kier molecular flexibility index (Phi) is 5.19. The number of nitrogens with two attached hydrogens (primary N) is 1. The molecule has 2 amide bonds. The van der Waals surface area contributed by atoms with Crippen LogP contribution in [0.25, 0.3) is 0 Å². The number of benzene rings is 1. The minimum absolute atomic E-state index is 0.149. The molecule has 1 aromatic rings. The standard InChI is InChI=1S/C13H15FN2O4/c1-7-2-3-8(9(14)6-7)12(18)16-10(13(19)20)4-5-11(15)17/h2-3,6,10H,4-5H2,1H3,(H2,15,17)(H,16,18)(H,19,20). The number of hydrogen-bond acceptors (Lipinski definition) is 3. The number of nitrogens with one attached hydrogen (secondary N) is 1. The van der Waals surface area contributed by atoms with Crippen molar-refractivity contribution in [2.75, 3.05) is 0 Å². The number of primary amides is 1. The van der Waals surface area contributed by atoms with Gasteiger partial charge in [0.1, 0.15) is 11.9 Å². The largest absolute Gasteiger partial charge is 0.480 e. The molecule has 1 unspecified atom stereocenters. The van der Waals surface area contributed by atoms with E-state index in [1.165, 1.54) is 18.2 Å². The Labute approximate surface area is 114 Å². The summed E-state index contributed by atoms with van der Waals surface area (Å²) >= 11 is 0. The maximum Gasteiger partial charge on any atom is 0.326 e. The van der Waals surface area contributed by atoms with Gasteiger partial charge in [-0.3, -0.25) is 9.59 Å². The highest BCUT2D eigenvalue weighted by Gasteiger charge is 2.22. The van der Waals surface area contributed by atoms with Crippen LogP contribution in [-0.4, -0.2) is 28.9 Å². The Hall–Kier alpha value is -2.44. The molecular weight excluding hydrogens is 267 g/mol. The van der Waals surface area contributed by atoms with E-state index in [4.69, 9.17) is 10.8 Å². The normalized spacial score (nSPS) is 11.7. The van der Waals surface area contributed by atoms with Crippen LogP contribution in [0.3, 0.4) is 0 Å². The summed E-state index contributed by atoms with van der Waals surface area (Å²) in [6, 6.07) is 2.69. The fourth-order valence-electron chi connectivity index (χ4n) is 1.58. The smallest absolute Gasteiger partial charge is 0.326 e. The molecule has 0 radical (unpaired) electrons. The van der Waals surface area contributed by atoms with E-state index in [0.717, 1.165) is 0 Å². The third kappa shape index (κ3) is 4.34. The van der Waals surface area contributed by atoms with Crippen molar-refractivity contribution in [2.45, 2.75) is 25.8 Å². The highest BCUT2D eigenvalue weighted by atomic mass is 19.1. The number of amides is 2. The van der Waals surface area contributed by atoms with E-state index >= 15 is 0 Å². The van der Waals surface area contributed by atoms with Gasteiger partial charge in [-0.2, -0.15) is 0 Å².